The molecule has 3 N–H and O–H groups in total. The molecule has 3 heteroatoms. The predicted molar refractivity (Wildman–Crippen MR) is 77.1 cm³/mol. The van der Waals surface area contributed by atoms with Crippen LogP contribution >= 0.6 is 0 Å². The number of aliphatic hydroxyl groups excluding tert-OH is 1. The molecule has 1 aromatic rings. The topological polar surface area (TPSA) is 55.5 Å². The molecule has 3 atom stereocenters. The minimum absolute atomic E-state index is 0.202. The maximum atomic E-state index is 10.9. The van der Waals surface area contributed by atoms with Gasteiger partial charge in [-0.3, -0.25) is 0 Å². The third-order valence-corrected chi connectivity index (χ3v) is 4.55. The van der Waals surface area contributed by atoms with Crippen LogP contribution in [-0.4, -0.2) is 18.8 Å². The van der Waals surface area contributed by atoms with Crippen molar-refractivity contribution in [3.63, 3.8) is 0 Å². The first-order valence-corrected chi connectivity index (χ1v) is 7.14. The second kappa shape index (κ2) is 5.93. The van der Waals surface area contributed by atoms with E-state index < -0.39 is 6.10 Å². The van der Waals surface area contributed by atoms with E-state index in [1.165, 1.54) is 6.42 Å². The summed E-state index contributed by atoms with van der Waals surface area (Å²) in [6, 6.07) is 7.71. The lowest BCUT2D eigenvalue weighted by Crippen LogP contribution is -2.40. The van der Waals surface area contributed by atoms with Crippen LogP contribution in [-0.2, 0) is 0 Å². The van der Waals surface area contributed by atoms with E-state index in [2.05, 4.69) is 6.92 Å². The van der Waals surface area contributed by atoms with Crippen LogP contribution in [0.5, 0.6) is 5.75 Å². The molecule has 1 aliphatic rings. The summed E-state index contributed by atoms with van der Waals surface area (Å²) in [5.74, 6) is 1.38. The van der Waals surface area contributed by atoms with Gasteiger partial charge in [0, 0.05) is 17.5 Å². The maximum Gasteiger partial charge on any atom is 0.124 e. The second-order valence-electron chi connectivity index (χ2n) is 5.91. The van der Waals surface area contributed by atoms with Crippen molar-refractivity contribution in [2.24, 2.45) is 17.1 Å². The Bertz CT molecular complexity index is 421. The van der Waals surface area contributed by atoms with Gasteiger partial charge in [0.05, 0.1) is 13.2 Å². The zero-order chi connectivity index (χ0) is 13.9. The molecule has 1 fully saturated rings. The second-order valence-corrected chi connectivity index (χ2v) is 5.91. The molecule has 0 saturated heterocycles. The normalized spacial score (nSPS) is 28.9. The summed E-state index contributed by atoms with van der Waals surface area (Å²) in [6.45, 7) is 2.77. The van der Waals surface area contributed by atoms with Crippen LogP contribution in [0.1, 0.15) is 44.3 Å². The van der Waals surface area contributed by atoms with Crippen LogP contribution < -0.4 is 10.5 Å². The van der Waals surface area contributed by atoms with Crippen molar-refractivity contribution in [1.29, 1.82) is 0 Å². The molecule has 1 aliphatic carbocycles. The first-order valence-electron chi connectivity index (χ1n) is 7.14. The van der Waals surface area contributed by atoms with E-state index in [0.29, 0.717) is 12.5 Å². The third-order valence-electron chi connectivity index (χ3n) is 4.55. The molecule has 0 amide bonds. The minimum Gasteiger partial charge on any atom is -0.496 e. The average molecular weight is 263 g/mol. The molecule has 0 heterocycles. The molecule has 1 aromatic carbocycles. The highest BCUT2D eigenvalue weighted by Gasteiger charge is 2.41. The number of aliphatic hydroxyl groups is 1. The molecule has 3 unspecified atom stereocenters. The van der Waals surface area contributed by atoms with Gasteiger partial charge in [-0.2, -0.15) is 0 Å². The summed E-state index contributed by atoms with van der Waals surface area (Å²) in [6.07, 6.45) is 3.82. The standard InChI is InChI=1S/C16H25NO2/c1-12-6-5-9-16(10-12,11-17)15(18)13-7-3-4-8-14(13)19-2/h3-4,7-8,12,15,18H,5-6,9-11,17H2,1-2H3. The number of rotatable bonds is 4. The summed E-state index contributed by atoms with van der Waals surface area (Å²) in [5, 5.41) is 10.9. The molecular formula is C16H25NO2. The van der Waals surface area contributed by atoms with Gasteiger partial charge >= 0.3 is 0 Å². The predicted octanol–water partition coefficient (Wildman–Crippen LogP) is 2.88. The number of benzene rings is 1. The Morgan fingerprint density at radius 1 is 1.47 bits per heavy atom. The lowest BCUT2D eigenvalue weighted by molar-refractivity contribution is -0.0143. The number of ether oxygens (including phenoxy) is 1. The van der Waals surface area contributed by atoms with Gasteiger partial charge in [-0.05, 0) is 24.8 Å². The van der Waals surface area contributed by atoms with Gasteiger partial charge < -0.3 is 15.6 Å². The van der Waals surface area contributed by atoms with Gasteiger partial charge in [0.15, 0.2) is 0 Å². The van der Waals surface area contributed by atoms with Crippen molar-refractivity contribution in [2.45, 2.75) is 38.7 Å². The monoisotopic (exact) mass is 263 g/mol. The molecule has 0 bridgehead atoms. The summed E-state index contributed by atoms with van der Waals surface area (Å²) in [4.78, 5) is 0. The molecule has 19 heavy (non-hydrogen) atoms. The molecule has 0 radical (unpaired) electrons. The van der Waals surface area contributed by atoms with Crippen LogP contribution in [0.25, 0.3) is 0 Å². The fourth-order valence-electron chi connectivity index (χ4n) is 3.47. The lowest BCUT2D eigenvalue weighted by atomic mass is 9.65. The van der Waals surface area contributed by atoms with E-state index in [9.17, 15) is 5.11 Å². The highest BCUT2D eigenvalue weighted by molar-refractivity contribution is 5.36. The molecule has 0 aliphatic heterocycles. The number of hydrogen-bond donors (Lipinski definition) is 2. The van der Waals surface area contributed by atoms with Crippen molar-refractivity contribution in [1.82, 2.24) is 0 Å². The third kappa shape index (κ3) is 2.77. The van der Waals surface area contributed by atoms with Crippen LogP contribution in [0, 0.1) is 11.3 Å². The first-order chi connectivity index (χ1) is 9.13. The lowest BCUT2D eigenvalue weighted by Gasteiger charge is -2.43. The Balaban J connectivity index is 2.32. The smallest absolute Gasteiger partial charge is 0.124 e. The molecule has 3 nitrogen and oxygen atoms in total. The van der Waals surface area contributed by atoms with Gasteiger partial charge in [0.2, 0.25) is 0 Å². The van der Waals surface area contributed by atoms with Gasteiger partial charge in [-0.1, -0.05) is 38.0 Å². The Morgan fingerprint density at radius 2 is 2.21 bits per heavy atom. The Hall–Kier alpha value is -1.06. The van der Waals surface area contributed by atoms with Crippen molar-refractivity contribution >= 4 is 0 Å². The Labute approximate surface area is 115 Å². The first kappa shape index (κ1) is 14.4. The minimum atomic E-state index is -0.545. The van der Waals surface area contributed by atoms with Crippen LogP contribution in [0.2, 0.25) is 0 Å². The summed E-state index contributed by atoms with van der Waals surface area (Å²) in [5.41, 5.74) is 6.69. The highest BCUT2D eigenvalue weighted by atomic mass is 16.5. The van der Waals surface area contributed by atoms with Crippen LogP contribution in [0.4, 0.5) is 0 Å². The highest BCUT2D eigenvalue weighted by Crippen LogP contribution is 2.48. The fourth-order valence-corrected chi connectivity index (χ4v) is 3.47. The average Bonchev–Trinajstić information content (AvgIpc) is 2.46. The zero-order valence-electron chi connectivity index (χ0n) is 11.9. The van der Waals surface area contributed by atoms with E-state index in [-0.39, 0.29) is 5.41 Å². The summed E-state index contributed by atoms with van der Waals surface area (Å²) < 4.78 is 5.37. The van der Waals surface area contributed by atoms with Crippen molar-refractivity contribution < 1.29 is 9.84 Å². The van der Waals surface area contributed by atoms with Crippen molar-refractivity contribution in [2.75, 3.05) is 13.7 Å². The number of para-hydroxylation sites is 1. The SMILES string of the molecule is COc1ccccc1C(O)C1(CN)CCCC(C)C1. The van der Waals surface area contributed by atoms with E-state index in [1.807, 2.05) is 24.3 Å². The van der Waals surface area contributed by atoms with E-state index in [1.54, 1.807) is 7.11 Å². The van der Waals surface area contributed by atoms with Gasteiger partial charge in [0.1, 0.15) is 5.75 Å². The van der Waals surface area contributed by atoms with E-state index in [4.69, 9.17) is 10.5 Å². The fraction of sp³-hybridized carbons (Fsp3) is 0.625. The number of nitrogens with two attached hydrogens (primary N) is 1. The molecule has 0 spiro atoms. The molecule has 106 valence electrons. The summed E-state index contributed by atoms with van der Waals surface area (Å²) >= 11 is 0. The molecule has 2 rings (SSSR count). The van der Waals surface area contributed by atoms with E-state index in [0.717, 1.165) is 30.6 Å². The molecule has 1 saturated carbocycles. The largest absolute Gasteiger partial charge is 0.496 e. The Kier molecular flexibility index (Phi) is 4.48. The summed E-state index contributed by atoms with van der Waals surface area (Å²) in [7, 11) is 1.64. The van der Waals surface area contributed by atoms with Gasteiger partial charge in [0.25, 0.3) is 0 Å². The molecule has 0 aromatic heterocycles. The number of hydrogen-bond acceptors (Lipinski definition) is 3. The van der Waals surface area contributed by atoms with Crippen molar-refractivity contribution in [3.8, 4) is 5.75 Å². The number of methoxy groups -OCH3 is 1. The van der Waals surface area contributed by atoms with E-state index >= 15 is 0 Å². The Morgan fingerprint density at radius 3 is 2.84 bits per heavy atom. The molecular weight excluding hydrogens is 238 g/mol. The van der Waals surface area contributed by atoms with Gasteiger partial charge in [-0.25, -0.2) is 0 Å². The van der Waals surface area contributed by atoms with Crippen LogP contribution in [0.15, 0.2) is 24.3 Å². The maximum absolute atomic E-state index is 10.9. The van der Waals surface area contributed by atoms with Crippen LogP contribution in [0.3, 0.4) is 0 Å². The quantitative estimate of drug-likeness (QED) is 0.878. The van der Waals surface area contributed by atoms with Crippen molar-refractivity contribution in [3.05, 3.63) is 29.8 Å². The zero-order valence-corrected chi connectivity index (χ0v) is 11.9. The van der Waals surface area contributed by atoms with Gasteiger partial charge in [-0.15, -0.1) is 0 Å².